The number of rotatable bonds is 4. The lowest BCUT2D eigenvalue weighted by Crippen LogP contribution is -2.39. The molecule has 1 aliphatic rings. The van der Waals surface area contributed by atoms with Gasteiger partial charge in [0.15, 0.2) is 0 Å². The third-order valence-corrected chi connectivity index (χ3v) is 4.14. The fourth-order valence-electron chi connectivity index (χ4n) is 3.04. The molecule has 3 nitrogen and oxygen atoms in total. The number of nitrogens with one attached hydrogen (secondary N) is 1. The fourth-order valence-corrected chi connectivity index (χ4v) is 3.04. The largest absolute Gasteiger partial charge is 0.486 e. The van der Waals surface area contributed by atoms with E-state index in [2.05, 4.69) is 49.3 Å². The smallest absolute Gasteiger partial charge is 0.125 e. The molecule has 1 aromatic heterocycles. The zero-order chi connectivity index (χ0) is 14.9. The van der Waals surface area contributed by atoms with Crippen LogP contribution in [0.25, 0.3) is 0 Å². The number of fused-ring (bicyclic) bond motifs is 1. The Hall–Kier alpha value is -1.87. The fraction of sp³-hybridized carbons (Fsp3) is 0.389. The summed E-state index contributed by atoms with van der Waals surface area (Å²) in [5, 5.41) is 3.63. The maximum Gasteiger partial charge on any atom is 0.125 e. The van der Waals surface area contributed by atoms with E-state index in [0.29, 0.717) is 0 Å². The molecule has 3 rings (SSSR count). The van der Waals surface area contributed by atoms with Crippen LogP contribution < -0.4 is 10.1 Å². The van der Waals surface area contributed by atoms with Crippen molar-refractivity contribution >= 4 is 0 Å². The highest BCUT2D eigenvalue weighted by atomic mass is 16.5. The second kappa shape index (κ2) is 5.49. The van der Waals surface area contributed by atoms with Gasteiger partial charge in [-0.25, -0.2) is 0 Å². The number of nitrogens with zero attached hydrogens (tertiary/aromatic N) is 1. The van der Waals surface area contributed by atoms with Crippen molar-refractivity contribution in [2.75, 3.05) is 0 Å². The average Bonchev–Trinajstić information content (AvgIpc) is 2.75. The van der Waals surface area contributed by atoms with Crippen molar-refractivity contribution in [2.45, 2.75) is 45.4 Å². The first-order chi connectivity index (χ1) is 10.1. The molecule has 1 N–H and O–H groups in total. The van der Waals surface area contributed by atoms with Crippen LogP contribution in [0.3, 0.4) is 0 Å². The van der Waals surface area contributed by atoms with Crippen LogP contribution in [0.15, 0.2) is 42.6 Å². The van der Waals surface area contributed by atoms with Crippen molar-refractivity contribution < 1.29 is 4.74 Å². The van der Waals surface area contributed by atoms with Gasteiger partial charge in [0.05, 0.1) is 11.7 Å². The SMILES string of the molecule is CCc1cccnc1CNC1c2ccccc2OC1(C)C. The molecular weight excluding hydrogens is 260 g/mol. The van der Waals surface area contributed by atoms with Crippen LogP contribution in [0, 0.1) is 0 Å². The molecule has 0 amide bonds. The summed E-state index contributed by atoms with van der Waals surface area (Å²) in [5.74, 6) is 0.983. The van der Waals surface area contributed by atoms with Gasteiger partial charge < -0.3 is 10.1 Å². The second-order valence-electron chi connectivity index (χ2n) is 6.02. The molecule has 3 heteroatoms. The van der Waals surface area contributed by atoms with E-state index in [1.165, 1.54) is 11.1 Å². The monoisotopic (exact) mass is 282 g/mol. The number of aromatic nitrogens is 1. The Bertz CT molecular complexity index is 637. The predicted octanol–water partition coefficient (Wildman–Crippen LogP) is 3.65. The maximum absolute atomic E-state index is 6.07. The minimum absolute atomic E-state index is 0.181. The van der Waals surface area contributed by atoms with Gasteiger partial charge in [0.1, 0.15) is 11.4 Å². The average molecular weight is 282 g/mol. The molecule has 2 heterocycles. The van der Waals surface area contributed by atoms with Crippen molar-refractivity contribution in [1.29, 1.82) is 0 Å². The standard InChI is InChI=1S/C18H22N2O/c1-4-13-8-7-11-19-15(13)12-20-17-14-9-5-6-10-16(14)21-18(17,2)3/h5-11,17,20H,4,12H2,1-3H3. The lowest BCUT2D eigenvalue weighted by Gasteiger charge is -2.27. The number of pyridine rings is 1. The molecule has 0 saturated heterocycles. The minimum Gasteiger partial charge on any atom is -0.486 e. The Kier molecular flexibility index (Phi) is 3.68. The van der Waals surface area contributed by atoms with Gasteiger partial charge in [-0.1, -0.05) is 31.2 Å². The Balaban J connectivity index is 1.81. The van der Waals surface area contributed by atoms with Crippen LogP contribution in [-0.2, 0) is 13.0 Å². The second-order valence-corrected chi connectivity index (χ2v) is 6.02. The van der Waals surface area contributed by atoms with Crippen molar-refractivity contribution in [3.63, 3.8) is 0 Å². The third-order valence-electron chi connectivity index (χ3n) is 4.14. The van der Waals surface area contributed by atoms with E-state index in [0.717, 1.165) is 24.4 Å². The summed E-state index contributed by atoms with van der Waals surface area (Å²) in [7, 11) is 0. The molecule has 21 heavy (non-hydrogen) atoms. The van der Waals surface area contributed by atoms with E-state index in [-0.39, 0.29) is 11.6 Å². The van der Waals surface area contributed by atoms with Gasteiger partial charge in [-0.05, 0) is 38.0 Å². The highest BCUT2D eigenvalue weighted by molar-refractivity contribution is 5.42. The van der Waals surface area contributed by atoms with E-state index in [9.17, 15) is 0 Å². The van der Waals surface area contributed by atoms with E-state index in [4.69, 9.17) is 4.74 Å². The molecular formula is C18H22N2O. The number of aryl methyl sites for hydroxylation is 1. The number of benzene rings is 1. The summed E-state index contributed by atoms with van der Waals surface area (Å²) in [5.41, 5.74) is 3.41. The van der Waals surface area contributed by atoms with Crippen LogP contribution in [0.2, 0.25) is 0 Å². The van der Waals surface area contributed by atoms with Crippen molar-refractivity contribution in [3.8, 4) is 5.75 Å². The van der Waals surface area contributed by atoms with Gasteiger partial charge in [-0.15, -0.1) is 0 Å². The summed E-state index contributed by atoms with van der Waals surface area (Å²) < 4.78 is 6.07. The molecule has 1 aliphatic heterocycles. The quantitative estimate of drug-likeness (QED) is 0.929. The molecule has 2 aromatic rings. The van der Waals surface area contributed by atoms with E-state index < -0.39 is 0 Å². The predicted molar refractivity (Wildman–Crippen MR) is 84.3 cm³/mol. The topological polar surface area (TPSA) is 34.2 Å². The van der Waals surface area contributed by atoms with Gasteiger partial charge >= 0.3 is 0 Å². The molecule has 0 radical (unpaired) electrons. The Morgan fingerprint density at radius 3 is 2.81 bits per heavy atom. The van der Waals surface area contributed by atoms with E-state index >= 15 is 0 Å². The summed E-state index contributed by atoms with van der Waals surface area (Å²) in [6, 6.07) is 12.6. The first-order valence-corrected chi connectivity index (χ1v) is 7.56. The number of para-hydroxylation sites is 1. The van der Waals surface area contributed by atoms with Crippen LogP contribution in [0.4, 0.5) is 0 Å². The molecule has 0 spiro atoms. The Morgan fingerprint density at radius 2 is 2.00 bits per heavy atom. The Labute approximate surface area is 126 Å². The highest BCUT2D eigenvalue weighted by Gasteiger charge is 2.40. The molecule has 0 fully saturated rings. The van der Waals surface area contributed by atoms with Gasteiger partial charge in [0, 0.05) is 18.3 Å². The number of ether oxygens (including phenoxy) is 1. The summed E-state index contributed by atoms with van der Waals surface area (Å²) in [4.78, 5) is 4.51. The van der Waals surface area contributed by atoms with Crippen LogP contribution >= 0.6 is 0 Å². The molecule has 1 aromatic carbocycles. The third kappa shape index (κ3) is 2.66. The first-order valence-electron chi connectivity index (χ1n) is 7.56. The van der Waals surface area contributed by atoms with Crippen LogP contribution in [-0.4, -0.2) is 10.6 Å². The van der Waals surface area contributed by atoms with Gasteiger partial charge in [0.25, 0.3) is 0 Å². The Morgan fingerprint density at radius 1 is 1.19 bits per heavy atom. The van der Waals surface area contributed by atoms with Crippen molar-refractivity contribution in [1.82, 2.24) is 10.3 Å². The highest BCUT2D eigenvalue weighted by Crippen LogP contribution is 2.42. The molecule has 1 atom stereocenters. The van der Waals surface area contributed by atoms with Crippen LogP contribution in [0.5, 0.6) is 5.75 Å². The zero-order valence-corrected chi connectivity index (χ0v) is 12.9. The van der Waals surface area contributed by atoms with E-state index in [1.54, 1.807) is 0 Å². The summed E-state index contributed by atoms with van der Waals surface area (Å²) >= 11 is 0. The lowest BCUT2D eigenvalue weighted by molar-refractivity contribution is 0.0956. The zero-order valence-electron chi connectivity index (χ0n) is 12.9. The summed E-state index contributed by atoms with van der Waals surface area (Å²) in [6.45, 7) is 7.18. The van der Waals surface area contributed by atoms with E-state index in [1.807, 2.05) is 24.4 Å². The normalized spacial score (nSPS) is 19.1. The van der Waals surface area contributed by atoms with Crippen molar-refractivity contribution in [2.24, 2.45) is 0 Å². The van der Waals surface area contributed by atoms with Gasteiger partial charge in [-0.2, -0.15) is 0 Å². The van der Waals surface area contributed by atoms with Crippen molar-refractivity contribution in [3.05, 3.63) is 59.4 Å². The number of hydrogen-bond acceptors (Lipinski definition) is 3. The molecule has 1 unspecified atom stereocenters. The maximum atomic E-state index is 6.07. The molecule has 0 bridgehead atoms. The van der Waals surface area contributed by atoms with Gasteiger partial charge in [-0.3, -0.25) is 4.98 Å². The summed E-state index contributed by atoms with van der Waals surface area (Å²) in [6.07, 6.45) is 2.87. The lowest BCUT2D eigenvalue weighted by atomic mass is 9.94. The first kappa shape index (κ1) is 14.1. The molecule has 0 aliphatic carbocycles. The number of hydrogen-bond donors (Lipinski definition) is 1. The van der Waals surface area contributed by atoms with Gasteiger partial charge in [0.2, 0.25) is 0 Å². The molecule has 0 saturated carbocycles. The minimum atomic E-state index is -0.245. The van der Waals surface area contributed by atoms with Crippen LogP contribution in [0.1, 0.15) is 43.6 Å². The molecule has 110 valence electrons.